The number of nitrogens with one attached hydrogen (secondary N) is 1. The number of piperazine rings is 1. The average Bonchev–Trinajstić information content (AvgIpc) is 2.74. The highest BCUT2D eigenvalue weighted by Crippen LogP contribution is 2.29. The van der Waals surface area contributed by atoms with Crippen LogP contribution in [0.5, 0.6) is 0 Å². The van der Waals surface area contributed by atoms with Crippen molar-refractivity contribution in [3.8, 4) is 0 Å². The van der Waals surface area contributed by atoms with Gasteiger partial charge in [-0.1, -0.05) is 12.1 Å². The van der Waals surface area contributed by atoms with E-state index in [9.17, 15) is 9.18 Å². The van der Waals surface area contributed by atoms with Gasteiger partial charge in [0, 0.05) is 62.4 Å². The normalized spacial score (nSPS) is 19.1. The van der Waals surface area contributed by atoms with E-state index in [1.165, 1.54) is 11.3 Å². The minimum atomic E-state index is -0.537. The molecule has 0 bridgehead atoms. The van der Waals surface area contributed by atoms with E-state index < -0.39 is 6.67 Å². The monoisotopic (exact) mass is 397 g/mol. The summed E-state index contributed by atoms with van der Waals surface area (Å²) in [5.41, 5.74) is 3.94. The van der Waals surface area contributed by atoms with E-state index in [0.29, 0.717) is 31.0 Å². The van der Waals surface area contributed by atoms with Crippen LogP contribution in [0.4, 0.5) is 26.4 Å². The largest absolute Gasteiger partial charge is 0.374 e. The molecule has 0 unspecified atom stereocenters. The van der Waals surface area contributed by atoms with Gasteiger partial charge in [0.2, 0.25) is 0 Å². The molecule has 0 aliphatic carbocycles. The van der Waals surface area contributed by atoms with Crippen molar-refractivity contribution in [2.24, 2.45) is 0 Å². The maximum Gasteiger partial charge on any atom is 0.322 e. The number of fused-ring (bicyclic) bond motifs is 1. The first-order valence-corrected chi connectivity index (χ1v) is 10.2. The molecule has 6 nitrogen and oxygen atoms in total. The van der Waals surface area contributed by atoms with Crippen molar-refractivity contribution in [1.29, 1.82) is 0 Å². The number of pyridine rings is 1. The fourth-order valence-electron chi connectivity index (χ4n) is 4.30. The van der Waals surface area contributed by atoms with Gasteiger partial charge in [-0.15, -0.1) is 0 Å². The third-order valence-corrected chi connectivity index (χ3v) is 5.89. The number of anilines is 3. The molecule has 1 N–H and O–H groups in total. The number of hydrogen-bond acceptors (Lipinski definition) is 4. The van der Waals surface area contributed by atoms with E-state index in [2.05, 4.69) is 39.3 Å². The standard InChI is InChI=1S/C22H28FN5O/c1-16-15-27(21-18(14-23)5-3-9-24-21)11-12-28(16)22(29)25-19-8-7-17-6-4-10-26(2)20(17)13-19/h3,5,7-9,13,16H,4,6,10-12,14-15H2,1-2H3,(H,25,29)/t16-/m1/s1. The maximum absolute atomic E-state index is 13.3. The quantitative estimate of drug-likeness (QED) is 0.859. The second-order valence-corrected chi connectivity index (χ2v) is 7.91. The molecule has 29 heavy (non-hydrogen) atoms. The highest BCUT2D eigenvalue weighted by Gasteiger charge is 2.29. The number of benzene rings is 1. The van der Waals surface area contributed by atoms with E-state index in [1.807, 2.05) is 17.9 Å². The van der Waals surface area contributed by atoms with Crippen LogP contribution in [0, 0.1) is 0 Å². The van der Waals surface area contributed by atoms with Crippen molar-refractivity contribution < 1.29 is 9.18 Å². The van der Waals surface area contributed by atoms with E-state index in [-0.39, 0.29) is 12.1 Å². The Morgan fingerprint density at radius 2 is 2.14 bits per heavy atom. The van der Waals surface area contributed by atoms with Crippen molar-refractivity contribution in [3.63, 3.8) is 0 Å². The molecule has 7 heteroatoms. The first-order chi connectivity index (χ1) is 14.1. The summed E-state index contributed by atoms with van der Waals surface area (Å²) in [7, 11) is 2.09. The van der Waals surface area contributed by atoms with Crippen LogP contribution in [0.25, 0.3) is 0 Å². The molecule has 1 aromatic heterocycles. The molecule has 4 rings (SSSR count). The molecule has 1 saturated heterocycles. The molecule has 154 valence electrons. The number of aromatic nitrogens is 1. The molecule has 1 atom stereocenters. The van der Waals surface area contributed by atoms with Gasteiger partial charge in [-0.25, -0.2) is 14.2 Å². The lowest BCUT2D eigenvalue weighted by molar-refractivity contribution is 0.184. The fourth-order valence-corrected chi connectivity index (χ4v) is 4.30. The third kappa shape index (κ3) is 3.99. The highest BCUT2D eigenvalue weighted by atomic mass is 19.1. The van der Waals surface area contributed by atoms with Gasteiger partial charge in [0.05, 0.1) is 0 Å². The number of carbonyl (C=O) groups excluding carboxylic acids is 1. The number of aryl methyl sites for hydroxylation is 1. The second kappa shape index (κ2) is 8.27. The lowest BCUT2D eigenvalue weighted by Gasteiger charge is -2.40. The molecular formula is C22H28FN5O. The molecule has 2 aliphatic rings. The Hall–Kier alpha value is -2.83. The van der Waals surface area contributed by atoms with Gasteiger partial charge in [0.1, 0.15) is 12.5 Å². The summed E-state index contributed by atoms with van der Waals surface area (Å²) in [4.78, 5) is 23.4. The van der Waals surface area contributed by atoms with Gasteiger partial charge in [-0.3, -0.25) is 0 Å². The lowest BCUT2D eigenvalue weighted by Crippen LogP contribution is -2.55. The van der Waals surface area contributed by atoms with E-state index in [0.717, 1.165) is 25.1 Å². The third-order valence-electron chi connectivity index (χ3n) is 5.89. The minimum absolute atomic E-state index is 0.00137. The zero-order valence-corrected chi connectivity index (χ0v) is 17.1. The summed E-state index contributed by atoms with van der Waals surface area (Å²) >= 11 is 0. The maximum atomic E-state index is 13.3. The predicted molar refractivity (Wildman–Crippen MR) is 114 cm³/mol. The van der Waals surface area contributed by atoms with Crippen molar-refractivity contribution in [1.82, 2.24) is 9.88 Å². The van der Waals surface area contributed by atoms with Crippen LogP contribution in [0.15, 0.2) is 36.5 Å². The van der Waals surface area contributed by atoms with Gasteiger partial charge in [0.15, 0.2) is 0 Å². The first-order valence-electron chi connectivity index (χ1n) is 10.2. The van der Waals surface area contributed by atoms with Crippen LogP contribution in [0.3, 0.4) is 0 Å². The van der Waals surface area contributed by atoms with E-state index in [4.69, 9.17) is 0 Å². The number of carbonyl (C=O) groups is 1. The Labute approximate surface area is 171 Å². The highest BCUT2D eigenvalue weighted by molar-refractivity contribution is 5.90. The predicted octanol–water partition coefficient (Wildman–Crippen LogP) is 3.68. The topological polar surface area (TPSA) is 51.7 Å². The molecule has 0 saturated carbocycles. The van der Waals surface area contributed by atoms with Crippen LogP contribution in [-0.2, 0) is 13.1 Å². The molecule has 2 amide bonds. The molecule has 3 heterocycles. The number of hydrogen-bond donors (Lipinski definition) is 1. The number of halogens is 1. The molecule has 2 aromatic rings. The summed E-state index contributed by atoms with van der Waals surface area (Å²) in [5.74, 6) is 0.680. The van der Waals surface area contributed by atoms with Crippen molar-refractivity contribution in [2.75, 3.05) is 48.3 Å². The Kier molecular flexibility index (Phi) is 5.56. The number of urea groups is 1. The summed E-state index contributed by atoms with van der Waals surface area (Å²) < 4.78 is 13.3. The Morgan fingerprint density at radius 1 is 1.28 bits per heavy atom. The van der Waals surface area contributed by atoms with Gasteiger partial charge < -0.3 is 20.0 Å². The van der Waals surface area contributed by atoms with Crippen LogP contribution in [-0.4, -0.2) is 55.2 Å². The number of amides is 2. The van der Waals surface area contributed by atoms with Crippen molar-refractivity contribution in [2.45, 2.75) is 32.5 Å². The molecule has 0 spiro atoms. The Morgan fingerprint density at radius 3 is 2.93 bits per heavy atom. The molecule has 1 aromatic carbocycles. The Bertz CT molecular complexity index is 889. The summed E-state index contributed by atoms with van der Waals surface area (Å²) in [5, 5.41) is 3.06. The molecule has 0 radical (unpaired) electrons. The number of nitrogens with zero attached hydrogens (tertiary/aromatic N) is 4. The first kappa shape index (κ1) is 19.5. The van der Waals surface area contributed by atoms with Gasteiger partial charge >= 0.3 is 6.03 Å². The summed E-state index contributed by atoms with van der Waals surface area (Å²) in [6.45, 7) is 4.35. The zero-order valence-electron chi connectivity index (χ0n) is 17.1. The number of rotatable bonds is 3. The van der Waals surface area contributed by atoms with Gasteiger partial charge in [-0.2, -0.15) is 0 Å². The van der Waals surface area contributed by atoms with Gasteiger partial charge in [-0.05, 0) is 43.5 Å². The average molecular weight is 397 g/mol. The second-order valence-electron chi connectivity index (χ2n) is 7.91. The lowest BCUT2D eigenvalue weighted by atomic mass is 10.0. The molecule has 1 fully saturated rings. The van der Waals surface area contributed by atoms with E-state index in [1.54, 1.807) is 18.3 Å². The van der Waals surface area contributed by atoms with E-state index >= 15 is 0 Å². The van der Waals surface area contributed by atoms with Crippen LogP contribution < -0.4 is 15.1 Å². The van der Waals surface area contributed by atoms with Crippen LogP contribution in [0.2, 0.25) is 0 Å². The summed E-state index contributed by atoms with van der Waals surface area (Å²) in [6, 6.07) is 9.58. The molecule has 2 aliphatic heterocycles. The zero-order chi connectivity index (χ0) is 20.4. The minimum Gasteiger partial charge on any atom is -0.374 e. The fraction of sp³-hybridized carbons (Fsp3) is 0.455. The van der Waals surface area contributed by atoms with Crippen molar-refractivity contribution in [3.05, 3.63) is 47.7 Å². The van der Waals surface area contributed by atoms with Crippen LogP contribution >= 0.6 is 0 Å². The Balaban J connectivity index is 1.42. The number of alkyl halides is 1. The SMILES string of the molecule is C[C@@H]1CN(c2ncccc2CF)CCN1C(=O)Nc1ccc2c(c1)N(C)CCC2. The van der Waals surface area contributed by atoms with Crippen LogP contribution in [0.1, 0.15) is 24.5 Å². The smallest absolute Gasteiger partial charge is 0.322 e. The van der Waals surface area contributed by atoms with Crippen molar-refractivity contribution >= 4 is 23.2 Å². The summed E-state index contributed by atoms with van der Waals surface area (Å²) in [6.07, 6.45) is 3.93. The van der Waals surface area contributed by atoms with Gasteiger partial charge in [0.25, 0.3) is 0 Å². The molecular weight excluding hydrogens is 369 g/mol.